The monoisotopic (exact) mass is 270 g/mol. The molecule has 102 valence electrons. The SMILES string of the molecule is O=C(c1cn(C2CNC2)nn1)c1cccc2c1OCC2. The molecule has 6 nitrogen and oxygen atoms in total. The van der Waals surface area contributed by atoms with Crippen LogP contribution in [0, 0.1) is 0 Å². The summed E-state index contributed by atoms with van der Waals surface area (Å²) in [4.78, 5) is 12.5. The minimum Gasteiger partial charge on any atom is -0.492 e. The van der Waals surface area contributed by atoms with Crippen LogP contribution < -0.4 is 10.1 Å². The van der Waals surface area contributed by atoms with Gasteiger partial charge in [0.05, 0.1) is 24.4 Å². The molecule has 4 rings (SSSR count). The average molecular weight is 270 g/mol. The molecular weight excluding hydrogens is 256 g/mol. The number of hydrogen-bond acceptors (Lipinski definition) is 5. The number of ketones is 1. The number of carbonyl (C=O) groups is 1. The van der Waals surface area contributed by atoms with Crippen molar-refractivity contribution >= 4 is 5.78 Å². The Morgan fingerprint density at radius 1 is 1.40 bits per heavy atom. The number of nitrogens with zero attached hydrogens (tertiary/aromatic N) is 3. The fourth-order valence-electron chi connectivity index (χ4n) is 2.55. The van der Waals surface area contributed by atoms with Crippen molar-refractivity contribution in [3.63, 3.8) is 0 Å². The van der Waals surface area contributed by atoms with E-state index >= 15 is 0 Å². The number of aromatic nitrogens is 3. The summed E-state index contributed by atoms with van der Waals surface area (Å²) in [6.45, 7) is 2.39. The molecule has 0 aliphatic carbocycles. The summed E-state index contributed by atoms with van der Waals surface area (Å²) in [6, 6.07) is 5.98. The molecule has 1 aromatic heterocycles. The lowest BCUT2D eigenvalue weighted by Gasteiger charge is -2.26. The van der Waals surface area contributed by atoms with Crippen molar-refractivity contribution in [2.45, 2.75) is 12.5 Å². The van der Waals surface area contributed by atoms with Crippen LogP contribution in [-0.4, -0.2) is 40.5 Å². The van der Waals surface area contributed by atoms with Crippen LogP contribution in [-0.2, 0) is 6.42 Å². The van der Waals surface area contributed by atoms with E-state index in [1.807, 2.05) is 12.1 Å². The van der Waals surface area contributed by atoms with Gasteiger partial charge in [0, 0.05) is 19.5 Å². The average Bonchev–Trinajstić information content (AvgIpc) is 3.03. The molecule has 0 atom stereocenters. The Kier molecular flexibility index (Phi) is 2.56. The van der Waals surface area contributed by atoms with Crippen molar-refractivity contribution in [2.75, 3.05) is 19.7 Å². The number of fused-ring (bicyclic) bond motifs is 1. The van der Waals surface area contributed by atoms with Gasteiger partial charge in [-0.3, -0.25) is 4.79 Å². The second-order valence-electron chi connectivity index (χ2n) is 5.12. The molecule has 0 bridgehead atoms. The first kappa shape index (κ1) is 11.6. The molecule has 2 aliphatic rings. The van der Waals surface area contributed by atoms with E-state index in [2.05, 4.69) is 15.6 Å². The van der Waals surface area contributed by atoms with Gasteiger partial charge in [0.15, 0.2) is 5.69 Å². The van der Waals surface area contributed by atoms with E-state index in [4.69, 9.17) is 4.74 Å². The van der Waals surface area contributed by atoms with Crippen LogP contribution in [0.4, 0.5) is 0 Å². The maximum atomic E-state index is 12.5. The Morgan fingerprint density at radius 3 is 3.10 bits per heavy atom. The zero-order valence-corrected chi connectivity index (χ0v) is 10.9. The van der Waals surface area contributed by atoms with Crippen molar-refractivity contribution in [2.24, 2.45) is 0 Å². The van der Waals surface area contributed by atoms with Crippen LogP contribution in [0.15, 0.2) is 24.4 Å². The van der Waals surface area contributed by atoms with Crippen molar-refractivity contribution in [3.8, 4) is 5.75 Å². The number of para-hydroxylation sites is 1. The second kappa shape index (κ2) is 4.42. The Labute approximate surface area is 115 Å². The van der Waals surface area contributed by atoms with Gasteiger partial charge in [-0.2, -0.15) is 0 Å². The summed E-state index contributed by atoms with van der Waals surface area (Å²) in [7, 11) is 0. The van der Waals surface area contributed by atoms with Gasteiger partial charge in [-0.1, -0.05) is 17.3 Å². The third-order valence-electron chi connectivity index (χ3n) is 3.84. The van der Waals surface area contributed by atoms with E-state index in [1.165, 1.54) is 0 Å². The predicted octanol–water partition coefficient (Wildman–Crippen LogP) is 0.588. The van der Waals surface area contributed by atoms with Crippen LogP contribution in [0.1, 0.15) is 27.7 Å². The highest BCUT2D eigenvalue weighted by molar-refractivity contribution is 6.09. The summed E-state index contributed by atoms with van der Waals surface area (Å²) in [5.41, 5.74) is 2.05. The van der Waals surface area contributed by atoms with Crippen molar-refractivity contribution in [3.05, 3.63) is 41.2 Å². The lowest BCUT2D eigenvalue weighted by molar-refractivity contribution is 0.103. The Balaban J connectivity index is 1.67. The van der Waals surface area contributed by atoms with Gasteiger partial charge >= 0.3 is 0 Å². The summed E-state index contributed by atoms with van der Waals surface area (Å²) in [5.74, 6) is 0.583. The lowest BCUT2D eigenvalue weighted by Crippen LogP contribution is -2.43. The molecule has 1 aromatic carbocycles. The fraction of sp³-hybridized carbons (Fsp3) is 0.357. The van der Waals surface area contributed by atoms with Crippen molar-refractivity contribution < 1.29 is 9.53 Å². The number of ether oxygens (including phenoxy) is 1. The van der Waals surface area contributed by atoms with E-state index in [9.17, 15) is 4.79 Å². The van der Waals surface area contributed by atoms with E-state index in [0.717, 1.165) is 25.1 Å². The van der Waals surface area contributed by atoms with Gasteiger partial charge in [-0.25, -0.2) is 4.68 Å². The maximum Gasteiger partial charge on any atom is 0.218 e. The van der Waals surface area contributed by atoms with Gasteiger partial charge < -0.3 is 10.1 Å². The summed E-state index contributed by atoms with van der Waals surface area (Å²) >= 11 is 0. The first-order chi connectivity index (χ1) is 9.83. The highest BCUT2D eigenvalue weighted by Gasteiger charge is 2.25. The summed E-state index contributed by atoms with van der Waals surface area (Å²) in [6.07, 6.45) is 2.58. The molecule has 20 heavy (non-hydrogen) atoms. The molecule has 1 N–H and O–H groups in total. The smallest absolute Gasteiger partial charge is 0.218 e. The normalized spacial score (nSPS) is 17.4. The molecule has 2 aromatic rings. The highest BCUT2D eigenvalue weighted by atomic mass is 16.5. The predicted molar refractivity (Wildman–Crippen MR) is 71.0 cm³/mol. The van der Waals surface area contributed by atoms with Gasteiger partial charge in [0.2, 0.25) is 5.78 Å². The lowest BCUT2D eigenvalue weighted by atomic mass is 10.0. The van der Waals surface area contributed by atoms with Gasteiger partial charge in [-0.15, -0.1) is 5.10 Å². The van der Waals surface area contributed by atoms with Crippen LogP contribution >= 0.6 is 0 Å². The van der Waals surface area contributed by atoms with Crippen LogP contribution in [0.2, 0.25) is 0 Å². The number of carbonyl (C=O) groups excluding carboxylic acids is 1. The molecule has 1 saturated heterocycles. The Bertz CT molecular complexity index is 676. The third kappa shape index (κ3) is 1.72. The van der Waals surface area contributed by atoms with Gasteiger partial charge in [0.1, 0.15) is 5.75 Å². The number of rotatable bonds is 3. The molecule has 0 amide bonds. The molecule has 1 fully saturated rings. The first-order valence-electron chi connectivity index (χ1n) is 6.75. The minimum atomic E-state index is -0.123. The van der Waals surface area contributed by atoms with Crippen molar-refractivity contribution in [1.29, 1.82) is 0 Å². The number of hydrogen-bond donors (Lipinski definition) is 1. The first-order valence-corrected chi connectivity index (χ1v) is 6.75. The molecule has 2 aliphatic heterocycles. The van der Waals surface area contributed by atoms with Crippen LogP contribution in [0.3, 0.4) is 0 Å². The fourth-order valence-corrected chi connectivity index (χ4v) is 2.55. The second-order valence-corrected chi connectivity index (χ2v) is 5.12. The minimum absolute atomic E-state index is 0.123. The van der Waals surface area contributed by atoms with E-state index in [-0.39, 0.29) is 5.78 Å². The molecule has 6 heteroatoms. The summed E-state index contributed by atoms with van der Waals surface area (Å²) in [5, 5.41) is 11.2. The Hall–Kier alpha value is -2.21. The largest absolute Gasteiger partial charge is 0.492 e. The highest BCUT2D eigenvalue weighted by Crippen LogP contribution is 2.30. The molecule has 0 spiro atoms. The van der Waals surface area contributed by atoms with E-state index in [1.54, 1.807) is 16.9 Å². The number of nitrogens with one attached hydrogen (secondary N) is 1. The summed E-state index contributed by atoms with van der Waals surface area (Å²) < 4.78 is 7.33. The number of benzene rings is 1. The maximum absolute atomic E-state index is 12.5. The van der Waals surface area contributed by atoms with E-state index < -0.39 is 0 Å². The van der Waals surface area contributed by atoms with Crippen LogP contribution in [0.25, 0.3) is 0 Å². The molecule has 3 heterocycles. The standard InChI is InChI=1S/C14H14N4O2/c19-13(11-3-1-2-9-4-5-20-14(9)11)12-8-18(17-16-12)10-6-15-7-10/h1-3,8,10,15H,4-7H2. The Morgan fingerprint density at radius 2 is 2.30 bits per heavy atom. The zero-order chi connectivity index (χ0) is 13.5. The third-order valence-corrected chi connectivity index (χ3v) is 3.84. The van der Waals surface area contributed by atoms with Crippen molar-refractivity contribution in [1.82, 2.24) is 20.3 Å². The topological polar surface area (TPSA) is 69.0 Å². The zero-order valence-electron chi connectivity index (χ0n) is 10.9. The molecule has 0 unspecified atom stereocenters. The quantitative estimate of drug-likeness (QED) is 0.827. The van der Waals surface area contributed by atoms with Gasteiger partial charge in [-0.05, 0) is 11.6 Å². The molecule has 0 saturated carbocycles. The van der Waals surface area contributed by atoms with Crippen LogP contribution in [0.5, 0.6) is 5.75 Å². The molecular formula is C14H14N4O2. The van der Waals surface area contributed by atoms with E-state index in [0.29, 0.717) is 29.7 Å². The molecule has 0 radical (unpaired) electrons. The van der Waals surface area contributed by atoms with Gasteiger partial charge in [0.25, 0.3) is 0 Å².